The molecular weight excluding hydrogens is 745 g/mol. The number of phenolic OH excluding ortho intramolecular Hbond substituents is 1. The normalized spacial score (nSPS) is 23.9. The average Bonchev–Trinajstić information content (AvgIpc) is 4.01. The third-order valence-electron chi connectivity index (χ3n) is 12.9. The molecule has 6 atom stereocenters. The molecule has 11 nitrogen and oxygen atoms in total. The Bertz CT molecular complexity index is 2870. The summed E-state index contributed by atoms with van der Waals surface area (Å²) in [6.45, 7) is 3.63. The van der Waals surface area contributed by atoms with E-state index in [1.807, 2.05) is 80.6 Å². The Kier molecular flexibility index (Phi) is 7.69. The fraction of sp³-hybridized carbons (Fsp3) is 0.208. The highest BCUT2D eigenvalue weighted by Gasteiger charge is 2.62. The second kappa shape index (κ2) is 12.9. The first-order chi connectivity index (χ1) is 28.6. The van der Waals surface area contributed by atoms with Crippen molar-refractivity contribution >= 4 is 57.2 Å². The van der Waals surface area contributed by atoms with Gasteiger partial charge in [-0.3, -0.25) is 29.0 Å². The number of oxazole rings is 2. The van der Waals surface area contributed by atoms with Crippen LogP contribution in [-0.4, -0.2) is 38.7 Å². The lowest BCUT2D eigenvalue weighted by atomic mass is 9.57. The maximum Gasteiger partial charge on any atom is 0.238 e. The van der Waals surface area contributed by atoms with Crippen LogP contribution in [0.1, 0.15) is 35.4 Å². The molecule has 1 saturated carbocycles. The quantitative estimate of drug-likeness (QED) is 0.134. The number of anilines is 2. The number of aromatic hydroxyl groups is 1. The number of phenols is 1. The maximum absolute atomic E-state index is 14.7. The zero-order valence-electron chi connectivity index (χ0n) is 32.0. The minimum Gasteiger partial charge on any atom is -0.507 e. The van der Waals surface area contributed by atoms with Gasteiger partial charge in [0.05, 0.1) is 35.0 Å². The molecule has 4 aliphatic rings. The molecule has 7 aromatic rings. The summed E-state index contributed by atoms with van der Waals surface area (Å²) in [5, 5.41) is 10.8. The molecule has 5 aromatic carbocycles. The highest BCUT2D eigenvalue weighted by atomic mass is 16.4. The molecule has 59 heavy (non-hydrogen) atoms. The van der Waals surface area contributed by atoms with Crippen molar-refractivity contribution in [3.8, 4) is 28.7 Å². The molecule has 11 rings (SSSR count). The molecule has 2 aliphatic heterocycles. The summed E-state index contributed by atoms with van der Waals surface area (Å²) in [5.41, 5.74) is 8.04. The third kappa shape index (κ3) is 5.26. The number of aryl methyl sites for hydroxylation is 2. The van der Waals surface area contributed by atoms with Crippen LogP contribution in [0.4, 0.5) is 11.4 Å². The summed E-state index contributed by atoms with van der Waals surface area (Å²) in [7, 11) is 0. The lowest BCUT2D eigenvalue weighted by Crippen LogP contribution is -2.43. The second-order valence-corrected chi connectivity index (χ2v) is 16.1. The summed E-state index contributed by atoms with van der Waals surface area (Å²) in [5.74, 6) is -4.06. The number of nitrogens with zero attached hydrogens (tertiary/aromatic N) is 4. The third-order valence-corrected chi connectivity index (χ3v) is 12.9. The SMILES string of the molecule is Cc1cc([C@H]2C3=CC[C@@H]4C(=O)N(c5ccc(-c6nc7ccccc7o6)cc5)C(=O)[C@@H]4[C@@H]3C[C@H]3C(=O)N(c4ccc(-c5nc6ccccc6o5)cc4)C(=O)[C@@H]23)cc(C)c1O. The highest BCUT2D eigenvalue weighted by molar-refractivity contribution is 6.24. The van der Waals surface area contributed by atoms with Gasteiger partial charge in [0.25, 0.3) is 0 Å². The Morgan fingerprint density at radius 2 is 1.08 bits per heavy atom. The number of hydrogen-bond donors (Lipinski definition) is 1. The van der Waals surface area contributed by atoms with Crippen molar-refractivity contribution in [2.75, 3.05) is 9.80 Å². The van der Waals surface area contributed by atoms with Gasteiger partial charge in [0.1, 0.15) is 16.8 Å². The van der Waals surface area contributed by atoms with Crippen LogP contribution >= 0.6 is 0 Å². The molecule has 0 unspecified atom stereocenters. The van der Waals surface area contributed by atoms with Crippen LogP contribution in [0.3, 0.4) is 0 Å². The Morgan fingerprint density at radius 3 is 1.61 bits per heavy atom. The van der Waals surface area contributed by atoms with E-state index in [9.17, 15) is 24.3 Å². The van der Waals surface area contributed by atoms with Crippen LogP contribution in [0, 0.1) is 43.4 Å². The number of benzene rings is 5. The summed E-state index contributed by atoms with van der Waals surface area (Å²) >= 11 is 0. The van der Waals surface area contributed by atoms with Crippen molar-refractivity contribution in [3.05, 3.63) is 138 Å². The van der Waals surface area contributed by atoms with Gasteiger partial charge in [0.2, 0.25) is 35.4 Å². The summed E-state index contributed by atoms with van der Waals surface area (Å²) in [4.78, 5) is 70.0. The minimum atomic E-state index is -0.746. The smallest absolute Gasteiger partial charge is 0.238 e. The van der Waals surface area contributed by atoms with Gasteiger partial charge in [-0.1, -0.05) is 48.0 Å². The highest BCUT2D eigenvalue weighted by Crippen LogP contribution is 2.59. The van der Waals surface area contributed by atoms with Crippen LogP contribution in [0.5, 0.6) is 5.75 Å². The molecule has 0 radical (unpaired) electrons. The van der Waals surface area contributed by atoms with Crippen molar-refractivity contribution in [2.24, 2.45) is 29.6 Å². The Balaban J connectivity index is 0.937. The summed E-state index contributed by atoms with van der Waals surface area (Å²) < 4.78 is 11.9. The molecule has 4 heterocycles. The molecule has 2 aliphatic carbocycles. The predicted octanol–water partition coefficient (Wildman–Crippen LogP) is 8.67. The van der Waals surface area contributed by atoms with Gasteiger partial charge in [0.15, 0.2) is 11.2 Å². The largest absolute Gasteiger partial charge is 0.507 e. The van der Waals surface area contributed by atoms with Crippen LogP contribution in [-0.2, 0) is 19.2 Å². The van der Waals surface area contributed by atoms with Crippen molar-refractivity contribution in [1.82, 2.24) is 9.97 Å². The molecule has 2 aromatic heterocycles. The van der Waals surface area contributed by atoms with Gasteiger partial charge < -0.3 is 13.9 Å². The van der Waals surface area contributed by atoms with E-state index >= 15 is 0 Å². The number of hydrogen-bond acceptors (Lipinski definition) is 9. The average molecular weight is 781 g/mol. The first-order valence-corrected chi connectivity index (χ1v) is 19.8. The molecule has 1 N–H and O–H groups in total. The number of carbonyl (C=O) groups is 4. The molecule has 11 heteroatoms. The number of rotatable bonds is 5. The number of amides is 4. The maximum atomic E-state index is 14.7. The molecule has 3 fully saturated rings. The Hall–Kier alpha value is -7.14. The molecule has 0 bridgehead atoms. The van der Waals surface area contributed by atoms with Crippen LogP contribution in [0.15, 0.2) is 130 Å². The monoisotopic (exact) mass is 780 g/mol. The van der Waals surface area contributed by atoms with Crippen LogP contribution in [0.25, 0.3) is 45.1 Å². The van der Waals surface area contributed by atoms with E-state index in [0.29, 0.717) is 63.0 Å². The molecule has 0 spiro atoms. The zero-order valence-corrected chi connectivity index (χ0v) is 32.0. The first kappa shape index (κ1) is 35.1. The van der Waals surface area contributed by atoms with Crippen molar-refractivity contribution in [2.45, 2.75) is 32.6 Å². The van der Waals surface area contributed by atoms with Crippen molar-refractivity contribution < 1.29 is 33.1 Å². The Labute approximate surface area is 337 Å². The number of imide groups is 2. The van der Waals surface area contributed by atoms with Crippen LogP contribution in [0.2, 0.25) is 0 Å². The second-order valence-electron chi connectivity index (χ2n) is 16.1. The van der Waals surface area contributed by atoms with E-state index in [1.54, 1.807) is 48.5 Å². The number of allylic oxidation sites excluding steroid dienone is 2. The first-order valence-electron chi connectivity index (χ1n) is 19.8. The number of para-hydroxylation sites is 4. The van der Waals surface area contributed by atoms with E-state index in [4.69, 9.17) is 8.83 Å². The van der Waals surface area contributed by atoms with Crippen LogP contribution < -0.4 is 9.80 Å². The van der Waals surface area contributed by atoms with E-state index in [-0.39, 0.29) is 35.8 Å². The van der Waals surface area contributed by atoms with Gasteiger partial charge in [-0.25, -0.2) is 9.97 Å². The lowest BCUT2D eigenvalue weighted by molar-refractivity contribution is -0.126. The number of aromatic nitrogens is 2. The topological polar surface area (TPSA) is 147 Å². The van der Waals surface area contributed by atoms with Gasteiger partial charge >= 0.3 is 0 Å². The van der Waals surface area contributed by atoms with Crippen molar-refractivity contribution in [1.29, 1.82) is 0 Å². The van der Waals surface area contributed by atoms with E-state index in [2.05, 4.69) is 9.97 Å². The fourth-order valence-corrected chi connectivity index (χ4v) is 10.1. The standard InChI is InChI=1S/C48H36N4O7/c1-24-21-28(22-25(2)42(24)53)39-31-19-20-32-40(47(56)51(45(32)54)29-15-11-26(12-16-29)43-49-35-7-3-5-9-37(35)58-43)33(31)23-34-41(39)48(57)52(46(34)55)30-17-13-27(14-18-30)44-50-36-8-4-6-10-38(36)59-44/h3-19,21-22,32-34,39-41,53H,20,23H2,1-2H3/t32-,33+,34+,39-,40-,41+/m0/s1. The van der Waals surface area contributed by atoms with E-state index < -0.39 is 35.5 Å². The van der Waals surface area contributed by atoms with Crippen molar-refractivity contribution in [3.63, 3.8) is 0 Å². The fourth-order valence-electron chi connectivity index (χ4n) is 10.1. The van der Waals surface area contributed by atoms with Gasteiger partial charge in [-0.05, 0) is 122 Å². The molecule has 4 amide bonds. The molecule has 2 saturated heterocycles. The Morgan fingerprint density at radius 1 is 0.593 bits per heavy atom. The van der Waals surface area contributed by atoms with E-state index in [0.717, 1.165) is 22.2 Å². The van der Waals surface area contributed by atoms with Gasteiger partial charge in [-0.15, -0.1) is 0 Å². The lowest BCUT2D eigenvalue weighted by Gasteiger charge is -2.44. The number of fused-ring (bicyclic) bond motifs is 6. The minimum absolute atomic E-state index is 0.166. The summed E-state index contributed by atoms with van der Waals surface area (Å²) in [6.07, 6.45) is 2.60. The zero-order chi connectivity index (χ0) is 40.3. The molecular formula is C48H36N4O7. The van der Waals surface area contributed by atoms with E-state index in [1.165, 1.54) is 9.80 Å². The predicted molar refractivity (Wildman–Crippen MR) is 219 cm³/mol. The summed E-state index contributed by atoms with van der Waals surface area (Å²) in [6, 6.07) is 32.8. The molecule has 290 valence electrons. The van der Waals surface area contributed by atoms with Gasteiger partial charge in [-0.2, -0.15) is 0 Å². The number of carbonyl (C=O) groups excluding carboxylic acids is 4. The van der Waals surface area contributed by atoms with Gasteiger partial charge in [0, 0.05) is 17.0 Å².